The van der Waals surface area contributed by atoms with Crippen LogP contribution in [0.5, 0.6) is 5.75 Å². The summed E-state index contributed by atoms with van der Waals surface area (Å²) < 4.78 is 40.2. The molecule has 21 heavy (non-hydrogen) atoms. The SMILES string of the molecule is CC(CCOc1ccc([N+](=O)[O-])c(F)c1)CCS(N)(=O)=O. The van der Waals surface area contributed by atoms with E-state index >= 15 is 0 Å². The van der Waals surface area contributed by atoms with E-state index in [1.54, 1.807) is 0 Å². The number of hydrogen-bond donors (Lipinski definition) is 1. The van der Waals surface area contributed by atoms with Crippen molar-refractivity contribution in [1.29, 1.82) is 0 Å². The van der Waals surface area contributed by atoms with Gasteiger partial charge in [-0.25, -0.2) is 13.6 Å². The summed E-state index contributed by atoms with van der Waals surface area (Å²) in [5.74, 6) is -0.789. The molecule has 0 aliphatic carbocycles. The van der Waals surface area contributed by atoms with Gasteiger partial charge in [0, 0.05) is 12.1 Å². The normalized spacial score (nSPS) is 12.9. The number of rotatable bonds is 8. The number of halogens is 1. The number of ether oxygens (including phenoxy) is 1. The Morgan fingerprint density at radius 3 is 2.62 bits per heavy atom. The number of nitro benzene ring substituents is 1. The number of primary sulfonamides is 1. The Morgan fingerprint density at radius 1 is 1.43 bits per heavy atom. The van der Waals surface area contributed by atoms with Gasteiger partial charge in [0.25, 0.3) is 0 Å². The lowest BCUT2D eigenvalue weighted by atomic mass is 10.1. The molecular formula is C12H17FN2O5S. The highest BCUT2D eigenvalue weighted by Gasteiger charge is 2.14. The van der Waals surface area contributed by atoms with Crippen LogP contribution in [0.15, 0.2) is 18.2 Å². The molecule has 7 nitrogen and oxygen atoms in total. The molecule has 0 saturated heterocycles. The summed E-state index contributed by atoms with van der Waals surface area (Å²) in [6, 6.07) is 3.30. The van der Waals surface area contributed by atoms with Crippen LogP contribution in [0.3, 0.4) is 0 Å². The number of nitrogens with two attached hydrogens (primary N) is 1. The van der Waals surface area contributed by atoms with Gasteiger partial charge in [-0.1, -0.05) is 6.92 Å². The number of sulfonamides is 1. The minimum absolute atomic E-state index is 0.0752. The third-order valence-electron chi connectivity index (χ3n) is 2.89. The van der Waals surface area contributed by atoms with Crippen molar-refractivity contribution in [2.45, 2.75) is 19.8 Å². The molecule has 0 amide bonds. The van der Waals surface area contributed by atoms with Crippen molar-refractivity contribution in [1.82, 2.24) is 0 Å². The van der Waals surface area contributed by atoms with Gasteiger partial charge in [-0.15, -0.1) is 0 Å². The molecule has 0 spiro atoms. The van der Waals surface area contributed by atoms with Crippen LogP contribution in [-0.4, -0.2) is 25.7 Å². The molecule has 118 valence electrons. The van der Waals surface area contributed by atoms with Crippen LogP contribution < -0.4 is 9.88 Å². The van der Waals surface area contributed by atoms with Gasteiger partial charge in [0.2, 0.25) is 15.8 Å². The maximum atomic E-state index is 13.3. The Balaban J connectivity index is 2.42. The summed E-state index contributed by atoms with van der Waals surface area (Å²) in [5, 5.41) is 15.4. The van der Waals surface area contributed by atoms with Crippen LogP contribution in [-0.2, 0) is 10.0 Å². The second kappa shape index (κ2) is 7.32. The average molecular weight is 320 g/mol. The highest BCUT2D eigenvalue weighted by molar-refractivity contribution is 7.89. The minimum Gasteiger partial charge on any atom is -0.493 e. The van der Waals surface area contributed by atoms with E-state index in [2.05, 4.69) is 0 Å². The van der Waals surface area contributed by atoms with Gasteiger partial charge in [-0.05, 0) is 24.8 Å². The molecule has 1 aromatic carbocycles. The topological polar surface area (TPSA) is 113 Å². The first kappa shape index (κ1) is 17.3. The molecule has 0 bridgehead atoms. The van der Waals surface area contributed by atoms with E-state index in [0.717, 1.165) is 12.1 Å². The van der Waals surface area contributed by atoms with Gasteiger partial charge in [0.1, 0.15) is 5.75 Å². The Bertz CT molecular complexity index is 606. The molecule has 0 aliphatic heterocycles. The maximum Gasteiger partial charge on any atom is 0.305 e. The predicted molar refractivity (Wildman–Crippen MR) is 74.9 cm³/mol. The molecule has 0 radical (unpaired) electrons. The Labute approximate surface area is 122 Å². The summed E-state index contributed by atoms with van der Waals surface area (Å²) in [5.41, 5.74) is -0.608. The molecule has 0 aromatic heterocycles. The van der Waals surface area contributed by atoms with Gasteiger partial charge in [0.15, 0.2) is 0 Å². The van der Waals surface area contributed by atoms with Crippen molar-refractivity contribution < 1.29 is 22.5 Å². The smallest absolute Gasteiger partial charge is 0.305 e. The first-order valence-corrected chi connectivity index (χ1v) is 7.98. The molecule has 2 N–H and O–H groups in total. The highest BCUT2D eigenvalue weighted by atomic mass is 32.2. The van der Waals surface area contributed by atoms with Crippen molar-refractivity contribution >= 4 is 15.7 Å². The van der Waals surface area contributed by atoms with Crippen molar-refractivity contribution in [3.63, 3.8) is 0 Å². The number of hydrogen-bond acceptors (Lipinski definition) is 5. The Kier molecular flexibility index (Phi) is 6.03. The van der Waals surface area contributed by atoms with Crippen molar-refractivity contribution in [3.8, 4) is 5.75 Å². The van der Waals surface area contributed by atoms with Crippen LogP contribution >= 0.6 is 0 Å². The van der Waals surface area contributed by atoms with Crippen LogP contribution in [0.25, 0.3) is 0 Å². The fraction of sp³-hybridized carbons (Fsp3) is 0.500. The van der Waals surface area contributed by atoms with Crippen molar-refractivity contribution in [2.24, 2.45) is 11.1 Å². The molecule has 9 heteroatoms. The van der Waals surface area contributed by atoms with Crippen molar-refractivity contribution in [3.05, 3.63) is 34.1 Å². The molecule has 0 aliphatic rings. The van der Waals surface area contributed by atoms with E-state index in [9.17, 15) is 22.9 Å². The minimum atomic E-state index is -3.47. The second-order valence-corrected chi connectivity index (χ2v) is 6.50. The van der Waals surface area contributed by atoms with Crippen LogP contribution in [0.1, 0.15) is 19.8 Å². The monoisotopic (exact) mass is 320 g/mol. The largest absolute Gasteiger partial charge is 0.493 e. The fourth-order valence-electron chi connectivity index (χ4n) is 1.61. The second-order valence-electron chi connectivity index (χ2n) is 4.77. The summed E-state index contributed by atoms with van der Waals surface area (Å²) in [6.45, 7) is 2.11. The molecular weight excluding hydrogens is 303 g/mol. The molecule has 0 heterocycles. The molecule has 1 atom stereocenters. The Hall–Kier alpha value is -1.74. The highest BCUT2D eigenvalue weighted by Crippen LogP contribution is 2.22. The average Bonchev–Trinajstić information content (AvgIpc) is 2.35. The lowest BCUT2D eigenvalue weighted by molar-refractivity contribution is -0.387. The molecule has 0 fully saturated rings. The van der Waals surface area contributed by atoms with Crippen LogP contribution in [0, 0.1) is 21.8 Å². The summed E-state index contributed by atoms with van der Waals surface area (Å²) in [4.78, 5) is 9.64. The van der Waals surface area contributed by atoms with Gasteiger partial charge in [0.05, 0.1) is 17.3 Å². The summed E-state index contributed by atoms with van der Waals surface area (Å²) in [6.07, 6.45) is 0.977. The van der Waals surface area contributed by atoms with E-state index < -0.39 is 26.5 Å². The third kappa shape index (κ3) is 6.50. The third-order valence-corrected chi connectivity index (χ3v) is 3.70. The maximum absolute atomic E-state index is 13.3. The summed E-state index contributed by atoms with van der Waals surface area (Å²) >= 11 is 0. The molecule has 0 saturated carbocycles. The van der Waals surface area contributed by atoms with Crippen LogP contribution in [0.4, 0.5) is 10.1 Å². The zero-order valence-corrected chi connectivity index (χ0v) is 12.3. The van der Waals surface area contributed by atoms with Gasteiger partial charge < -0.3 is 4.74 Å². The first-order valence-electron chi connectivity index (χ1n) is 6.26. The van der Waals surface area contributed by atoms with E-state index in [1.807, 2.05) is 6.92 Å². The lowest BCUT2D eigenvalue weighted by Gasteiger charge is -2.11. The fourth-order valence-corrected chi connectivity index (χ4v) is 2.34. The molecule has 1 rings (SSSR count). The zero-order valence-electron chi connectivity index (χ0n) is 11.5. The van der Waals surface area contributed by atoms with Gasteiger partial charge in [-0.3, -0.25) is 10.1 Å². The van der Waals surface area contributed by atoms with E-state index in [-0.39, 0.29) is 24.0 Å². The number of nitrogens with zero attached hydrogens (tertiary/aromatic N) is 1. The predicted octanol–water partition coefficient (Wildman–Crippen LogP) is 1.82. The van der Waals surface area contributed by atoms with Crippen molar-refractivity contribution in [2.75, 3.05) is 12.4 Å². The number of nitro groups is 1. The van der Waals surface area contributed by atoms with Crippen LogP contribution in [0.2, 0.25) is 0 Å². The zero-order chi connectivity index (χ0) is 16.0. The van der Waals surface area contributed by atoms with Gasteiger partial charge >= 0.3 is 5.69 Å². The molecule has 1 unspecified atom stereocenters. The standard InChI is InChI=1S/C12H17FN2O5S/c1-9(5-7-21(14,18)19)4-6-20-10-2-3-12(15(16)17)11(13)8-10/h2-3,8-9H,4-7H2,1H3,(H2,14,18,19). The number of benzene rings is 1. The van der Waals surface area contributed by atoms with E-state index in [1.165, 1.54) is 6.07 Å². The summed E-state index contributed by atoms with van der Waals surface area (Å²) in [7, 11) is -3.47. The quantitative estimate of drug-likeness (QED) is 0.580. The van der Waals surface area contributed by atoms with E-state index in [0.29, 0.717) is 12.8 Å². The first-order chi connectivity index (χ1) is 9.69. The van der Waals surface area contributed by atoms with Gasteiger partial charge in [-0.2, -0.15) is 4.39 Å². The lowest BCUT2D eigenvalue weighted by Crippen LogP contribution is -2.18. The Morgan fingerprint density at radius 2 is 2.10 bits per heavy atom. The van der Waals surface area contributed by atoms with E-state index in [4.69, 9.17) is 9.88 Å². The molecule has 1 aromatic rings.